The SMILES string of the molecule is Cc1cc(-n2ccnc(Nc3ccc(F)cc3C3CC3)c2=O)cc(C)c1CN1CC(C(=O)O)C1. The second kappa shape index (κ2) is 8.68. The molecule has 3 aromatic rings. The fourth-order valence-corrected chi connectivity index (χ4v) is 4.65. The summed E-state index contributed by atoms with van der Waals surface area (Å²) in [6, 6.07) is 8.52. The molecule has 1 saturated carbocycles. The highest BCUT2D eigenvalue weighted by atomic mass is 19.1. The molecule has 2 aromatic carbocycles. The minimum atomic E-state index is -0.744. The predicted octanol–water partition coefficient (Wildman–Crippen LogP) is 4.13. The molecule has 5 rings (SSSR count). The number of rotatable bonds is 7. The van der Waals surface area contributed by atoms with Crippen LogP contribution < -0.4 is 10.9 Å². The van der Waals surface area contributed by atoms with Gasteiger partial charge in [-0.25, -0.2) is 9.37 Å². The molecule has 1 aliphatic carbocycles. The van der Waals surface area contributed by atoms with Crippen LogP contribution in [0, 0.1) is 25.6 Å². The van der Waals surface area contributed by atoms with Crippen molar-refractivity contribution >= 4 is 17.5 Å². The molecule has 0 unspecified atom stereocenters. The first kappa shape index (κ1) is 22.3. The van der Waals surface area contributed by atoms with Gasteiger partial charge in [0.05, 0.1) is 5.92 Å². The summed E-state index contributed by atoms with van der Waals surface area (Å²) in [5.74, 6) is -0.808. The average Bonchev–Trinajstić information content (AvgIpc) is 3.59. The molecule has 0 radical (unpaired) electrons. The molecule has 0 bridgehead atoms. The van der Waals surface area contributed by atoms with Crippen molar-refractivity contribution in [3.8, 4) is 5.69 Å². The third-order valence-corrected chi connectivity index (χ3v) is 6.77. The van der Waals surface area contributed by atoms with Gasteiger partial charge >= 0.3 is 5.97 Å². The Balaban J connectivity index is 1.40. The smallest absolute Gasteiger partial charge is 0.309 e. The number of benzene rings is 2. The number of nitrogens with one attached hydrogen (secondary N) is 1. The predicted molar refractivity (Wildman–Crippen MR) is 127 cm³/mol. The van der Waals surface area contributed by atoms with Gasteiger partial charge in [-0.1, -0.05) is 0 Å². The Bertz CT molecular complexity index is 1300. The van der Waals surface area contributed by atoms with Crippen LogP contribution in [0.15, 0.2) is 47.5 Å². The highest BCUT2D eigenvalue weighted by Crippen LogP contribution is 2.44. The normalized spacial score (nSPS) is 16.3. The van der Waals surface area contributed by atoms with Crippen LogP contribution in [0.2, 0.25) is 0 Å². The summed E-state index contributed by atoms with van der Waals surface area (Å²) in [6.45, 7) is 5.81. The number of hydrogen-bond acceptors (Lipinski definition) is 5. The molecule has 7 nitrogen and oxygen atoms in total. The van der Waals surface area contributed by atoms with Gasteiger partial charge in [0, 0.05) is 43.4 Å². The summed E-state index contributed by atoms with van der Waals surface area (Å²) in [5, 5.41) is 12.2. The van der Waals surface area contributed by atoms with Crippen LogP contribution in [-0.2, 0) is 11.3 Å². The molecule has 1 aliphatic heterocycles. The summed E-state index contributed by atoms with van der Waals surface area (Å²) in [6.07, 6.45) is 5.25. The fourth-order valence-electron chi connectivity index (χ4n) is 4.65. The number of carboxylic acids is 1. The zero-order valence-electron chi connectivity index (χ0n) is 19.2. The van der Waals surface area contributed by atoms with E-state index in [-0.39, 0.29) is 23.1 Å². The van der Waals surface area contributed by atoms with E-state index in [4.69, 9.17) is 5.11 Å². The summed E-state index contributed by atoms with van der Waals surface area (Å²) >= 11 is 0. The number of aliphatic carboxylic acids is 1. The van der Waals surface area contributed by atoms with E-state index in [1.54, 1.807) is 23.0 Å². The van der Waals surface area contributed by atoms with E-state index in [2.05, 4.69) is 15.2 Å². The first-order valence-corrected chi connectivity index (χ1v) is 11.5. The molecule has 176 valence electrons. The second-order valence-electron chi connectivity index (χ2n) is 9.37. The number of carboxylic acid groups (broad SMARTS) is 1. The van der Waals surface area contributed by atoms with E-state index in [9.17, 15) is 14.0 Å². The standard InChI is InChI=1S/C26H27FN4O3/c1-15-9-20(10-16(2)22(15)14-30-12-18(13-30)26(33)34)31-8-7-28-24(25(31)32)29-23-6-5-19(27)11-21(23)17-3-4-17/h5-11,17-18H,3-4,12-14H2,1-2H3,(H,28,29)(H,33,34). The summed E-state index contributed by atoms with van der Waals surface area (Å²) < 4.78 is 15.3. The maximum atomic E-state index is 13.8. The Morgan fingerprint density at radius 2 is 1.88 bits per heavy atom. The van der Waals surface area contributed by atoms with Gasteiger partial charge in [0.15, 0.2) is 5.82 Å². The average molecular weight is 463 g/mol. The van der Waals surface area contributed by atoms with E-state index >= 15 is 0 Å². The molecule has 34 heavy (non-hydrogen) atoms. The Labute approximate surface area is 196 Å². The van der Waals surface area contributed by atoms with Crippen molar-refractivity contribution in [3.05, 3.63) is 81.2 Å². The van der Waals surface area contributed by atoms with Crippen LogP contribution in [0.3, 0.4) is 0 Å². The van der Waals surface area contributed by atoms with Crippen LogP contribution in [0.25, 0.3) is 5.69 Å². The third kappa shape index (κ3) is 4.33. The number of nitrogens with zero attached hydrogens (tertiary/aromatic N) is 3. The minimum Gasteiger partial charge on any atom is -0.481 e. The summed E-state index contributed by atoms with van der Waals surface area (Å²) in [5.41, 5.74) is 5.28. The number of aromatic nitrogens is 2. The van der Waals surface area contributed by atoms with Gasteiger partial charge in [-0.3, -0.25) is 19.1 Å². The second-order valence-corrected chi connectivity index (χ2v) is 9.37. The topological polar surface area (TPSA) is 87.5 Å². The van der Waals surface area contributed by atoms with Gasteiger partial charge in [0.2, 0.25) is 0 Å². The van der Waals surface area contributed by atoms with Crippen molar-refractivity contribution in [1.29, 1.82) is 0 Å². The van der Waals surface area contributed by atoms with Gasteiger partial charge < -0.3 is 10.4 Å². The largest absolute Gasteiger partial charge is 0.481 e. The van der Waals surface area contributed by atoms with Gasteiger partial charge in [0.1, 0.15) is 5.82 Å². The Morgan fingerprint density at radius 1 is 1.18 bits per heavy atom. The molecule has 2 N–H and O–H groups in total. The van der Waals surface area contributed by atoms with Crippen molar-refractivity contribution in [3.63, 3.8) is 0 Å². The van der Waals surface area contributed by atoms with Crippen LogP contribution in [0.1, 0.15) is 41.0 Å². The highest BCUT2D eigenvalue weighted by Gasteiger charge is 2.32. The molecular formula is C26H27FN4O3. The highest BCUT2D eigenvalue weighted by molar-refractivity contribution is 5.71. The maximum Gasteiger partial charge on any atom is 0.309 e. The number of halogens is 1. The van der Waals surface area contributed by atoms with Gasteiger partial charge in [-0.05, 0) is 85.2 Å². The molecule has 1 saturated heterocycles. The molecule has 0 atom stereocenters. The number of carbonyl (C=O) groups is 1. The quantitative estimate of drug-likeness (QED) is 0.549. The van der Waals surface area contributed by atoms with Gasteiger partial charge in [0.25, 0.3) is 5.56 Å². The molecule has 1 aromatic heterocycles. The van der Waals surface area contributed by atoms with Crippen LogP contribution in [0.4, 0.5) is 15.9 Å². The maximum absolute atomic E-state index is 13.8. The number of aryl methyl sites for hydroxylation is 2. The number of anilines is 2. The Kier molecular flexibility index (Phi) is 5.69. The zero-order chi connectivity index (χ0) is 24.0. The van der Waals surface area contributed by atoms with Crippen molar-refractivity contribution in [2.24, 2.45) is 5.92 Å². The molecule has 2 aliphatic rings. The van der Waals surface area contributed by atoms with Crippen molar-refractivity contribution in [2.45, 2.75) is 39.2 Å². The van der Waals surface area contributed by atoms with E-state index in [1.807, 2.05) is 26.0 Å². The molecule has 0 spiro atoms. The Hall–Kier alpha value is -3.52. The number of hydrogen-bond donors (Lipinski definition) is 2. The zero-order valence-corrected chi connectivity index (χ0v) is 19.2. The van der Waals surface area contributed by atoms with E-state index in [1.165, 1.54) is 12.1 Å². The lowest BCUT2D eigenvalue weighted by Gasteiger charge is -2.37. The first-order valence-electron chi connectivity index (χ1n) is 11.5. The third-order valence-electron chi connectivity index (χ3n) is 6.77. The fraction of sp³-hybridized carbons (Fsp3) is 0.346. The molecular weight excluding hydrogens is 435 g/mol. The van der Waals surface area contributed by atoms with Gasteiger partial charge in [-0.2, -0.15) is 0 Å². The van der Waals surface area contributed by atoms with Crippen molar-refractivity contribution < 1.29 is 14.3 Å². The molecule has 2 heterocycles. The van der Waals surface area contributed by atoms with E-state index in [0.717, 1.165) is 40.8 Å². The van der Waals surface area contributed by atoms with E-state index in [0.29, 0.717) is 31.2 Å². The number of likely N-dealkylation sites (tertiary alicyclic amines) is 1. The minimum absolute atomic E-state index is 0.190. The van der Waals surface area contributed by atoms with Crippen molar-refractivity contribution in [1.82, 2.24) is 14.5 Å². The molecule has 8 heteroatoms. The van der Waals surface area contributed by atoms with Crippen LogP contribution in [0.5, 0.6) is 0 Å². The molecule has 0 amide bonds. The lowest BCUT2D eigenvalue weighted by molar-refractivity contribution is -0.147. The summed E-state index contributed by atoms with van der Waals surface area (Å²) in [7, 11) is 0. The van der Waals surface area contributed by atoms with Gasteiger partial charge in [-0.15, -0.1) is 0 Å². The lowest BCUT2D eigenvalue weighted by atomic mass is 9.96. The monoisotopic (exact) mass is 462 g/mol. The van der Waals surface area contributed by atoms with E-state index < -0.39 is 5.97 Å². The van der Waals surface area contributed by atoms with Crippen molar-refractivity contribution in [2.75, 3.05) is 18.4 Å². The first-order chi connectivity index (χ1) is 16.3. The molecule has 2 fully saturated rings. The van der Waals surface area contributed by atoms with Crippen LogP contribution >= 0.6 is 0 Å². The summed E-state index contributed by atoms with van der Waals surface area (Å²) in [4.78, 5) is 30.7. The Morgan fingerprint density at radius 3 is 2.53 bits per heavy atom. The lowest BCUT2D eigenvalue weighted by Crippen LogP contribution is -2.49. The van der Waals surface area contributed by atoms with Crippen LogP contribution in [-0.4, -0.2) is 38.6 Å².